The van der Waals surface area contributed by atoms with Gasteiger partial charge in [0.2, 0.25) is 5.91 Å². The van der Waals surface area contributed by atoms with E-state index in [1.54, 1.807) is 18.5 Å². The third-order valence-corrected chi connectivity index (χ3v) is 4.48. The van der Waals surface area contributed by atoms with Gasteiger partial charge in [0.05, 0.1) is 11.8 Å². The van der Waals surface area contributed by atoms with Crippen molar-refractivity contribution in [1.29, 1.82) is 5.26 Å². The second-order valence-corrected chi connectivity index (χ2v) is 6.52. The number of pyridine rings is 1. The van der Waals surface area contributed by atoms with Gasteiger partial charge in [-0.3, -0.25) is 4.79 Å². The van der Waals surface area contributed by atoms with Gasteiger partial charge in [-0.25, -0.2) is 9.67 Å². The van der Waals surface area contributed by atoms with Gasteiger partial charge in [-0.1, -0.05) is 0 Å². The summed E-state index contributed by atoms with van der Waals surface area (Å²) in [6.07, 6.45) is 4.85. The molecule has 3 rings (SSSR count). The normalized spacial score (nSPS) is 15.2. The molecule has 0 spiro atoms. The molecule has 2 aromatic rings. The van der Waals surface area contributed by atoms with Crippen molar-refractivity contribution in [3.05, 3.63) is 36.2 Å². The van der Waals surface area contributed by atoms with E-state index in [0.717, 1.165) is 37.6 Å². The monoisotopic (exact) mass is 338 g/mol. The molecular formula is C18H22N6O. The summed E-state index contributed by atoms with van der Waals surface area (Å²) in [6, 6.07) is 7.74. The average Bonchev–Trinajstić information content (AvgIpc) is 3.10. The lowest BCUT2D eigenvalue weighted by Gasteiger charge is -2.32. The maximum absolute atomic E-state index is 12.5. The highest BCUT2D eigenvalue weighted by molar-refractivity contribution is 5.91. The number of hydrogen-bond donors (Lipinski definition) is 1. The van der Waals surface area contributed by atoms with Gasteiger partial charge in [0.25, 0.3) is 0 Å². The molecule has 130 valence electrons. The predicted molar refractivity (Wildman–Crippen MR) is 95.1 cm³/mol. The van der Waals surface area contributed by atoms with Crippen LogP contribution in [0.2, 0.25) is 0 Å². The van der Waals surface area contributed by atoms with Crippen molar-refractivity contribution in [2.24, 2.45) is 5.92 Å². The lowest BCUT2D eigenvalue weighted by atomic mass is 9.96. The summed E-state index contributed by atoms with van der Waals surface area (Å²) in [5.74, 6) is 1.65. The lowest BCUT2D eigenvalue weighted by Crippen LogP contribution is -2.38. The van der Waals surface area contributed by atoms with Gasteiger partial charge in [-0.15, -0.1) is 0 Å². The molecule has 0 unspecified atom stereocenters. The van der Waals surface area contributed by atoms with Crippen LogP contribution in [0.5, 0.6) is 0 Å². The number of rotatable bonds is 4. The second-order valence-electron chi connectivity index (χ2n) is 6.52. The summed E-state index contributed by atoms with van der Waals surface area (Å²) in [5, 5.41) is 16.1. The molecule has 1 aliphatic heterocycles. The Morgan fingerprint density at radius 3 is 2.68 bits per heavy atom. The highest BCUT2D eigenvalue weighted by Crippen LogP contribution is 2.23. The third kappa shape index (κ3) is 3.79. The molecule has 0 saturated carbocycles. The Labute approximate surface area is 147 Å². The molecule has 1 fully saturated rings. The summed E-state index contributed by atoms with van der Waals surface area (Å²) < 4.78 is 1.81. The number of aromatic nitrogens is 3. The Balaban J connectivity index is 1.57. The van der Waals surface area contributed by atoms with Gasteiger partial charge in [0.15, 0.2) is 0 Å². The van der Waals surface area contributed by atoms with Crippen molar-refractivity contribution in [3.8, 4) is 6.07 Å². The zero-order valence-electron chi connectivity index (χ0n) is 14.5. The quantitative estimate of drug-likeness (QED) is 0.926. The van der Waals surface area contributed by atoms with Gasteiger partial charge in [0.1, 0.15) is 17.7 Å². The van der Waals surface area contributed by atoms with E-state index in [0.29, 0.717) is 5.56 Å². The summed E-state index contributed by atoms with van der Waals surface area (Å²) in [6.45, 7) is 5.62. The zero-order chi connectivity index (χ0) is 17.8. The van der Waals surface area contributed by atoms with Crippen LogP contribution in [0, 0.1) is 17.2 Å². The van der Waals surface area contributed by atoms with Gasteiger partial charge >= 0.3 is 0 Å². The smallest absolute Gasteiger partial charge is 0.228 e. The van der Waals surface area contributed by atoms with E-state index < -0.39 is 0 Å². The first kappa shape index (κ1) is 17.0. The highest BCUT2D eigenvalue weighted by atomic mass is 16.2. The van der Waals surface area contributed by atoms with Crippen molar-refractivity contribution in [2.45, 2.75) is 32.7 Å². The van der Waals surface area contributed by atoms with Crippen molar-refractivity contribution in [3.63, 3.8) is 0 Å². The van der Waals surface area contributed by atoms with E-state index >= 15 is 0 Å². The maximum Gasteiger partial charge on any atom is 0.228 e. The summed E-state index contributed by atoms with van der Waals surface area (Å²) in [5.41, 5.74) is 0.555. The SMILES string of the molecule is CC(C)n1nccc1NC(=O)C1CCN(c2ccc(C#N)cn2)CC1. The largest absolute Gasteiger partial charge is 0.357 e. The number of piperidine rings is 1. The number of nitrogens with zero attached hydrogens (tertiary/aromatic N) is 5. The molecule has 0 atom stereocenters. The molecule has 2 aromatic heterocycles. The molecule has 1 N–H and O–H groups in total. The third-order valence-electron chi connectivity index (χ3n) is 4.48. The van der Waals surface area contributed by atoms with E-state index in [-0.39, 0.29) is 17.9 Å². The van der Waals surface area contributed by atoms with Crippen LogP contribution >= 0.6 is 0 Å². The molecule has 1 saturated heterocycles. The molecule has 1 aliphatic rings. The molecule has 0 radical (unpaired) electrons. The molecule has 7 heteroatoms. The predicted octanol–water partition coefficient (Wildman–Crippen LogP) is 2.59. The van der Waals surface area contributed by atoms with E-state index in [9.17, 15) is 4.79 Å². The molecular weight excluding hydrogens is 316 g/mol. The number of nitrogens with one attached hydrogen (secondary N) is 1. The number of hydrogen-bond acceptors (Lipinski definition) is 5. The first-order valence-electron chi connectivity index (χ1n) is 8.54. The van der Waals surface area contributed by atoms with Crippen LogP contribution in [0.15, 0.2) is 30.6 Å². The molecule has 1 amide bonds. The van der Waals surface area contributed by atoms with Crippen LogP contribution in [0.3, 0.4) is 0 Å². The minimum atomic E-state index is -0.00913. The standard InChI is InChI=1S/C18H22N6O/c1-13(2)24-17(5-8-21-24)22-18(25)15-6-9-23(10-7-15)16-4-3-14(11-19)12-20-16/h3-5,8,12-13,15H,6-7,9-10H2,1-2H3,(H,22,25). The highest BCUT2D eigenvalue weighted by Gasteiger charge is 2.26. The number of amides is 1. The zero-order valence-corrected chi connectivity index (χ0v) is 14.5. The van der Waals surface area contributed by atoms with E-state index in [1.165, 1.54) is 0 Å². The minimum absolute atomic E-state index is 0.00913. The molecule has 3 heterocycles. The van der Waals surface area contributed by atoms with Crippen LogP contribution in [-0.4, -0.2) is 33.8 Å². The van der Waals surface area contributed by atoms with Crippen LogP contribution in [0.25, 0.3) is 0 Å². The Kier molecular flexibility index (Phi) is 4.98. The molecule has 25 heavy (non-hydrogen) atoms. The first-order chi connectivity index (χ1) is 12.1. The van der Waals surface area contributed by atoms with Gasteiger partial charge in [0, 0.05) is 37.3 Å². The van der Waals surface area contributed by atoms with E-state index in [4.69, 9.17) is 5.26 Å². The number of nitriles is 1. The Morgan fingerprint density at radius 2 is 2.08 bits per heavy atom. The Morgan fingerprint density at radius 1 is 1.32 bits per heavy atom. The average molecular weight is 338 g/mol. The van der Waals surface area contributed by atoms with Crippen LogP contribution < -0.4 is 10.2 Å². The fraction of sp³-hybridized carbons (Fsp3) is 0.444. The van der Waals surface area contributed by atoms with Crippen molar-refractivity contribution in [1.82, 2.24) is 14.8 Å². The molecule has 7 nitrogen and oxygen atoms in total. The number of carbonyl (C=O) groups is 1. The van der Waals surface area contributed by atoms with Gasteiger partial charge < -0.3 is 10.2 Å². The lowest BCUT2D eigenvalue weighted by molar-refractivity contribution is -0.120. The minimum Gasteiger partial charge on any atom is -0.357 e. The van der Waals surface area contributed by atoms with Crippen molar-refractivity contribution in [2.75, 3.05) is 23.3 Å². The number of carbonyl (C=O) groups excluding carboxylic acids is 1. The van der Waals surface area contributed by atoms with Gasteiger partial charge in [-0.2, -0.15) is 10.4 Å². The Hall–Kier alpha value is -2.88. The summed E-state index contributed by atoms with van der Waals surface area (Å²) >= 11 is 0. The van der Waals surface area contributed by atoms with E-state index in [2.05, 4.69) is 26.4 Å². The molecule has 0 aliphatic carbocycles. The van der Waals surface area contributed by atoms with Crippen LogP contribution in [0.4, 0.5) is 11.6 Å². The fourth-order valence-electron chi connectivity index (χ4n) is 3.06. The summed E-state index contributed by atoms with van der Waals surface area (Å²) in [4.78, 5) is 19.0. The fourth-order valence-corrected chi connectivity index (χ4v) is 3.06. The van der Waals surface area contributed by atoms with Crippen LogP contribution in [-0.2, 0) is 4.79 Å². The molecule has 0 aromatic carbocycles. The summed E-state index contributed by atoms with van der Waals surface area (Å²) in [7, 11) is 0. The van der Waals surface area contributed by atoms with Crippen LogP contribution in [0.1, 0.15) is 38.3 Å². The topological polar surface area (TPSA) is 86.8 Å². The first-order valence-corrected chi connectivity index (χ1v) is 8.54. The maximum atomic E-state index is 12.5. The second kappa shape index (κ2) is 7.34. The number of anilines is 2. The van der Waals surface area contributed by atoms with E-state index in [1.807, 2.05) is 30.7 Å². The Bertz CT molecular complexity index is 766. The van der Waals surface area contributed by atoms with Gasteiger partial charge in [-0.05, 0) is 38.8 Å². The van der Waals surface area contributed by atoms with Crippen molar-refractivity contribution < 1.29 is 4.79 Å². The molecule has 0 bridgehead atoms. The van der Waals surface area contributed by atoms with Crippen molar-refractivity contribution >= 4 is 17.5 Å².